The van der Waals surface area contributed by atoms with E-state index >= 15 is 0 Å². The van der Waals surface area contributed by atoms with Crippen molar-refractivity contribution in [3.05, 3.63) is 71.8 Å². The molecule has 3 rings (SSSR count). The molecular formula is C17H18. The van der Waals surface area contributed by atoms with Crippen molar-refractivity contribution in [1.82, 2.24) is 0 Å². The molecule has 0 bridgehead atoms. The van der Waals surface area contributed by atoms with Gasteiger partial charge >= 0.3 is 0 Å². The molecule has 0 heteroatoms. The second kappa shape index (κ2) is 3.46. The van der Waals surface area contributed by atoms with E-state index in [1.165, 1.54) is 17.5 Å². The smallest absolute Gasteiger partial charge is 0.00279 e. The van der Waals surface area contributed by atoms with E-state index in [-0.39, 0.29) is 0 Å². The van der Waals surface area contributed by atoms with E-state index in [9.17, 15) is 0 Å². The molecular weight excluding hydrogens is 204 g/mol. The molecule has 86 valence electrons. The number of hydrogen-bond donors (Lipinski definition) is 0. The second-order valence-electron chi connectivity index (χ2n) is 5.57. The Bertz CT molecular complexity index is 465. The Morgan fingerprint density at radius 3 is 1.35 bits per heavy atom. The van der Waals surface area contributed by atoms with Crippen LogP contribution in [0.1, 0.15) is 31.4 Å². The fourth-order valence-electron chi connectivity index (χ4n) is 3.12. The van der Waals surface area contributed by atoms with Crippen LogP contribution in [0.2, 0.25) is 0 Å². The minimum Gasteiger partial charge on any atom is -0.0622 e. The van der Waals surface area contributed by atoms with Crippen molar-refractivity contribution < 1.29 is 0 Å². The maximum Gasteiger partial charge on any atom is 0.00279 e. The summed E-state index contributed by atoms with van der Waals surface area (Å²) >= 11 is 0. The highest BCUT2D eigenvalue weighted by molar-refractivity contribution is 5.47. The van der Waals surface area contributed by atoms with Crippen LogP contribution < -0.4 is 0 Å². The van der Waals surface area contributed by atoms with E-state index in [2.05, 4.69) is 74.5 Å². The monoisotopic (exact) mass is 222 g/mol. The lowest BCUT2D eigenvalue weighted by Gasteiger charge is -2.19. The Balaban J connectivity index is 2.00. The molecule has 0 aliphatic heterocycles. The summed E-state index contributed by atoms with van der Waals surface area (Å²) in [5, 5.41) is 0. The van der Waals surface area contributed by atoms with Gasteiger partial charge < -0.3 is 0 Å². The lowest BCUT2D eigenvalue weighted by molar-refractivity contribution is 0.620. The van der Waals surface area contributed by atoms with Crippen molar-refractivity contribution in [3.63, 3.8) is 0 Å². The van der Waals surface area contributed by atoms with Crippen LogP contribution in [-0.4, -0.2) is 0 Å². The highest BCUT2D eigenvalue weighted by Gasteiger charge is 2.62. The summed E-state index contributed by atoms with van der Waals surface area (Å²) in [6, 6.07) is 21.8. The summed E-state index contributed by atoms with van der Waals surface area (Å²) < 4.78 is 0. The third-order valence-electron chi connectivity index (χ3n) is 4.62. The standard InChI is InChI=1S/C17H18/c1-16(14-9-5-3-6-10-14)13-17(16,2)15-11-7-4-8-12-15/h3-12H,13H2,1-2H3/t16-,17-/m0/s1. The van der Waals surface area contributed by atoms with Crippen LogP contribution in [0.25, 0.3) is 0 Å². The molecule has 2 aromatic rings. The SMILES string of the molecule is C[C@@]1(c2ccccc2)C[C@@]1(C)c1ccccc1. The first-order valence-electron chi connectivity index (χ1n) is 6.28. The van der Waals surface area contributed by atoms with Crippen molar-refractivity contribution in [1.29, 1.82) is 0 Å². The highest BCUT2D eigenvalue weighted by atomic mass is 14.6. The van der Waals surface area contributed by atoms with Gasteiger partial charge in [-0.2, -0.15) is 0 Å². The predicted octanol–water partition coefficient (Wildman–Crippen LogP) is 4.31. The molecule has 2 aromatic carbocycles. The normalized spacial score (nSPS) is 31.2. The van der Waals surface area contributed by atoms with Gasteiger partial charge in [0, 0.05) is 10.8 Å². The van der Waals surface area contributed by atoms with E-state index in [4.69, 9.17) is 0 Å². The molecule has 17 heavy (non-hydrogen) atoms. The summed E-state index contributed by atoms with van der Waals surface area (Å²) in [5.41, 5.74) is 3.53. The van der Waals surface area contributed by atoms with E-state index in [1.54, 1.807) is 0 Å². The molecule has 0 nitrogen and oxygen atoms in total. The van der Waals surface area contributed by atoms with Gasteiger partial charge in [-0.3, -0.25) is 0 Å². The average molecular weight is 222 g/mol. The molecule has 1 aliphatic carbocycles. The maximum absolute atomic E-state index is 2.38. The van der Waals surface area contributed by atoms with Gasteiger partial charge in [0.15, 0.2) is 0 Å². The molecule has 0 heterocycles. The highest BCUT2D eigenvalue weighted by Crippen LogP contribution is 2.64. The minimum absolute atomic E-state index is 0.301. The number of rotatable bonds is 2. The molecule has 0 N–H and O–H groups in total. The van der Waals surface area contributed by atoms with Crippen LogP contribution in [0, 0.1) is 0 Å². The molecule has 0 amide bonds. The Morgan fingerprint density at radius 2 is 1.00 bits per heavy atom. The topological polar surface area (TPSA) is 0 Å². The van der Waals surface area contributed by atoms with Crippen molar-refractivity contribution in [2.75, 3.05) is 0 Å². The fourth-order valence-corrected chi connectivity index (χ4v) is 3.12. The lowest BCUT2D eigenvalue weighted by Crippen LogP contribution is -2.15. The lowest BCUT2D eigenvalue weighted by atomic mass is 9.84. The molecule has 1 aliphatic rings. The Kier molecular flexibility index (Phi) is 2.16. The Hall–Kier alpha value is -1.56. The van der Waals surface area contributed by atoms with Crippen LogP contribution in [0.4, 0.5) is 0 Å². The van der Waals surface area contributed by atoms with Crippen molar-refractivity contribution in [3.8, 4) is 0 Å². The van der Waals surface area contributed by atoms with Crippen molar-refractivity contribution in [2.24, 2.45) is 0 Å². The first kappa shape index (κ1) is 10.6. The van der Waals surface area contributed by atoms with Gasteiger partial charge in [0.2, 0.25) is 0 Å². The van der Waals surface area contributed by atoms with Crippen LogP contribution in [0.5, 0.6) is 0 Å². The summed E-state index contributed by atoms with van der Waals surface area (Å²) in [4.78, 5) is 0. The van der Waals surface area contributed by atoms with Gasteiger partial charge in [0.05, 0.1) is 0 Å². The van der Waals surface area contributed by atoms with E-state index in [0.29, 0.717) is 10.8 Å². The zero-order chi connectivity index (χ0) is 11.9. The van der Waals surface area contributed by atoms with Gasteiger partial charge in [-0.15, -0.1) is 0 Å². The molecule has 2 atom stereocenters. The molecule has 0 saturated heterocycles. The first-order chi connectivity index (χ1) is 8.17. The summed E-state index contributed by atoms with van der Waals surface area (Å²) in [6.07, 6.45) is 1.24. The van der Waals surface area contributed by atoms with Crippen LogP contribution >= 0.6 is 0 Å². The number of hydrogen-bond acceptors (Lipinski definition) is 0. The van der Waals surface area contributed by atoms with Gasteiger partial charge in [-0.05, 0) is 17.5 Å². The third-order valence-corrected chi connectivity index (χ3v) is 4.62. The summed E-state index contributed by atoms with van der Waals surface area (Å²) in [6.45, 7) is 4.77. The third kappa shape index (κ3) is 1.44. The minimum atomic E-state index is 0.301. The molecule has 1 saturated carbocycles. The zero-order valence-electron chi connectivity index (χ0n) is 10.5. The van der Waals surface area contributed by atoms with E-state index in [1.807, 2.05) is 0 Å². The van der Waals surface area contributed by atoms with Crippen molar-refractivity contribution >= 4 is 0 Å². The maximum atomic E-state index is 2.38. The summed E-state index contributed by atoms with van der Waals surface area (Å²) in [7, 11) is 0. The second-order valence-corrected chi connectivity index (χ2v) is 5.57. The molecule has 0 radical (unpaired) electrons. The molecule has 0 unspecified atom stereocenters. The van der Waals surface area contributed by atoms with Gasteiger partial charge in [0.25, 0.3) is 0 Å². The Morgan fingerprint density at radius 1 is 0.647 bits per heavy atom. The van der Waals surface area contributed by atoms with Gasteiger partial charge in [-0.25, -0.2) is 0 Å². The van der Waals surface area contributed by atoms with E-state index in [0.717, 1.165) is 0 Å². The first-order valence-corrected chi connectivity index (χ1v) is 6.28. The predicted molar refractivity (Wildman–Crippen MR) is 72.2 cm³/mol. The van der Waals surface area contributed by atoms with E-state index < -0.39 is 0 Å². The molecule has 1 fully saturated rings. The quantitative estimate of drug-likeness (QED) is 0.710. The van der Waals surface area contributed by atoms with Crippen LogP contribution in [0.3, 0.4) is 0 Å². The van der Waals surface area contributed by atoms with Gasteiger partial charge in [0.1, 0.15) is 0 Å². The largest absolute Gasteiger partial charge is 0.0622 e. The molecule has 0 spiro atoms. The Labute approximate surface area is 103 Å². The molecule has 0 aromatic heterocycles. The fraction of sp³-hybridized carbons (Fsp3) is 0.294. The van der Waals surface area contributed by atoms with Crippen LogP contribution in [0.15, 0.2) is 60.7 Å². The van der Waals surface area contributed by atoms with Crippen LogP contribution in [-0.2, 0) is 10.8 Å². The summed E-state index contributed by atoms with van der Waals surface area (Å²) in [5.74, 6) is 0. The number of benzene rings is 2. The van der Waals surface area contributed by atoms with Crippen molar-refractivity contribution in [2.45, 2.75) is 31.1 Å². The average Bonchev–Trinajstić information content (AvgIpc) is 2.97. The van der Waals surface area contributed by atoms with Gasteiger partial charge in [-0.1, -0.05) is 74.5 Å². The zero-order valence-corrected chi connectivity index (χ0v) is 10.5.